The Kier molecular flexibility index (Phi) is 4.61. The average molecular weight is 279 g/mol. The Hall–Kier alpha value is -0.610. The zero-order chi connectivity index (χ0) is 13.9. The Morgan fingerprint density at radius 2 is 1.90 bits per heavy atom. The van der Waals surface area contributed by atoms with Gasteiger partial charge in [-0.1, -0.05) is 0 Å². The van der Waals surface area contributed by atoms with Gasteiger partial charge in [-0.15, -0.1) is 0 Å². The van der Waals surface area contributed by atoms with E-state index in [0.29, 0.717) is 24.0 Å². The van der Waals surface area contributed by atoms with Crippen molar-refractivity contribution in [3.63, 3.8) is 0 Å². The van der Waals surface area contributed by atoms with Crippen LogP contribution in [0.3, 0.4) is 0 Å². The van der Waals surface area contributed by atoms with Gasteiger partial charge < -0.3 is 10.6 Å². The van der Waals surface area contributed by atoms with Crippen LogP contribution in [0.2, 0.25) is 0 Å². The van der Waals surface area contributed by atoms with Crippen molar-refractivity contribution >= 4 is 5.91 Å². The number of fused-ring (bicyclic) bond motifs is 2. The molecule has 20 heavy (non-hydrogen) atoms. The highest BCUT2D eigenvalue weighted by Crippen LogP contribution is 2.32. The number of carbonyl (C=O) groups is 1. The molecular weight excluding hydrogens is 250 g/mol. The molecule has 4 heteroatoms. The van der Waals surface area contributed by atoms with Crippen LogP contribution in [0.1, 0.15) is 51.9 Å². The van der Waals surface area contributed by atoms with E-state index in [1.807, 2.05) is 0 Å². The fourth-order valence-corrected chi connectivity index (χ4v) is 4.25. The molecule has 0 aromatic heterocycles. The molecular formula is C16H29N3O. The zero-order valence-electron chi connectivity index (χ0n) is 12.7. The quantitative estimate of drug-likeness (QED) is 0.802. The second-order valence-electron chi connectivity index (χ2n) is 7.08. The topological polar surface area (TPSA) is 44.4 Å². The van der Waals surface area contributed by atoms with E-state index in [2.05, 4.69) is 22.5 Å². The van der Waals surface area contributed by atoms with Crippen LogP contribution in [0.25, 0.3) is 0 Å². The van der Waals surface area contributed by atoms with Crippen LogP contribution in [-0.2, 0) is 4.79 Å². The second-order valence-corrected chi connectivity index (χ2v) is 7.08. The molecule has 3 unspecified atom stereocenters. The fourth-order valence-electron chi connectivity index (χ4n) is 4.25. The van der Waals surface area contributed by atoms with E-state index in [-0.39, 0.29) is 5.91 Å². The molecule has 0 spiro atoms. The minimum Gasteiger partial charge on any atom is -0.355 e. The Bertz CT molecular complexity index is 329. The van der Waals surface area contributed by atoms with Gasteiger partial charge in [0.2, 0.25) is 5.91 Å². The van der Waals surface area contributed by atoms with Crippen molar-refractivity contribution < 1.29 is 4.79 Å². The summed E-state index contributed by atoms with van der Waals surface area (Å²) in [6.07, 6.45) is 8.40. The van der Waals surface area contributed by atoms with E-state index in [4.69, 9.17) is 0 Å². The normalized spacial score (nSPS) is 35.1. The maximum absolute atomic E-state index is 12.1. The Labute approximate surface area is 122 Å². The third kappa shape index (κ3) is 3.53. The number of piperidine rings is 1. The van der Waals surface area contributed by atoms with Gasteiger partial charge in [0.25, 0.3) is 0 Å². The van der Waals surface area contributed by atoms with Gasteiger partial charge in [0.1, 0.15) is 0 Å². The summed E-state index contributed by atoms with van der Waals surface area (Å²) in [5, 5.41) is 6.80. The first-order valence-corrected chi connectivity index (χ1v) is 8.47. The molecule has 0 aromatic carbocycles. The maximum Gasteiger partial charge on any atom is 0.220 e. The van der Waals surface area contributed by atoms with Gasteiger partial charge in [0.15, 0.2) is 0 Å². The summed E-state index contributed by atoms with van der Waals surface area (Å²) in [4.78, 5) is 14.6. The molecule has 0 aromatic rings. The van der Waals surface area contributed by atoms with E-state index in [0.717, 1.165) is 13.0 Å². The Balaban J connectivity index is 1.36. The minimum absolute atomic E-state index is 0.266. The monoisotopic (exact) mass is 279 g/mol. The van der Waals surface area contributed by atoms with Gasteiger partial charge in [0.05, 0.1) is 0 Å². The Morgan fingerprint density at radius 3 is 2.55 bits per heavy atom. The van der Waals surface area contributed by atoms with Gasteiger partial charge in [-0.05, 0) is 64.5 Å². The first-order valence-electron chi connectivity index (χ1n) is 8.47. The third-order valence-electron chi connectivity index (χ3n) is 5.40. The lowest BCUT2D eigenvalue weighted by atomic mass is 9.89. The summed E-state index contributed by atoms with van der Waals surface area (Å²) in [5.74, 6) is 0.873. The second kappa shape index (κ2) is 6.44. The smallest absolute Gasteiger partial charge is 0.220 e. The van der Waals surface area contributed by atoms with Crippen LogP contribution in [0.5, 0.6) is 0 Å². The van der Waals surface area contributed by atoms with Crippen molar-refractivity contribution in [2.75, 3.05) is 19.6 Å². The maximum atomic E-state index is 12.1. The largest absolute Gasteiger partial charge is 0.355 e. The van der Waals surface area contributed by atoms with Gasteiger partial charge >= 0.3 is 0 Å². The van der Waals surface area contributed by atoms with Gasteiger partial charge in [0, 0.05) is 31.1 Å². The van der Waals surface area contributed by atoms with Crippen molar-refractivity contribution in [3.8, 4) is 0 Å². The molecule has 3 fully saturated rings. The zero-order valence-corrected chi connectivity index (χ0v) is 12.7. The number of rotatable bonds is 5. The molecule has 3 rings (SSSR count). The van der Waals surface area contributed by atoms with Crippen LogP contribution in [0.4, 0.5) is 0 Å². The predicted molar refractivity (Wildman–Crippen MR) is 80.6 cm³/mol. The van der Waals surface area contributed by atoms with E-state index >= 15 is 0 Å². The van der Waals surface area contributed by atoms with Gasteiger partial charge in [-0.25, -0.2) is 0 Å². The first kappa shape index (κ1) is 14.3. The van der Waals surface area contributed by atoms with E-state index in [9.17, 15) is 4.79 Å². The van der Waals surface area contributed by atoms with E-state index < -0.39 is 0 Å². The molecule has 1 amide bonds. The lowest BCUT2D eigenvalue weighted by molar-refractivity contribution is -0.122. The summed E-state index contributed by atoms with van der Waals surface area (Å²) in [6, 6.07) is 1.87. The molecule has 4 nitrogen and oxygen atoms in total. The van der Waals surface area contributed by atoms with E-state index in [1.165, 1.54) is 51.6 Å². The molecule has 0 saturated carbocycles. The summed E-state index contributed by atoms with van der Waals surface area (Å²) in [6.45, 7) is 5.45. The van der Waals surface area contributed by atoms with Crippen molar-refractivity contribution in [1.82, 2.24) is 15.5 Å². The molecule has 114 valence electrons. The lowest BCUT2D eigenvalue weighted by Crippen LogP contribution is -2.42. The first-order chi connectivity index (χ1) is 9.70. The molecule has 0 aliphatic carbocycles. The lowest BCUT2D eigenvalue weighted by Gasteiger charge is -2.29. The van der Waals surface area contributed by atoms with E-state index in [1.54, 1.807) is 0 Å². The number of nitrogens with zero attached hydrogens (tertiary/aromatic N) is 1. The highest BCUT2D eigenvalue weighted by Gasteiger charge is 2.34. The van der Waals surface area contributed by atoms with Crippen LogP contribution < -0.4 is 10.6 Å². The number of hydrogen-bond acceptors (Lipinski definition) is 3. The number of carbonyl (C=O) groups excluding carboxylic acids is 1. The molecule has 2 N–H and O–H groups in total. The van der Waals surface area contributed by atoms with Gasteiger partial charge in [-0.2, -0.15) is 0 Å². The highest BCUT2D eigenvalue weighted by atomic mass is 16.1. The molecule has 3 aliphatic heterocycles. The fraction of sp³-hybridized carbons (Fsp3) is 0.938. The molecule has 3 saturated heterocycles. The molecule has 3 heterocycles. The SMILES string of the molecule is CC(CNC(=O)CC1CC2CCC(C1)N2)N1CCCC1. The van der Waals surface area contributed by atoms with Crippen molar-refractivity contribution in [3.05, 3.63) is 0 Å². The van der Waals surface area contributed by atoms with Crippen LogP contribution in [-0.4, -0.2) is 48.6 Å². The summed E-state index contributed by atoms with van der Waals surface area (Å²) in [7, 11) is 0. The third-order valence-corrected chi connectivity index (χ3v) is 5.40. The number of likely N-dealkylation sites (tertiary alicyclic amines) is 1. The van der Waals surface area contributed by atoms with Crippen molar-refractivity contribution in [2.24, 2.45) is 5.92 Å². The number of hydrogen-bond donors (Lipinski definition) is 2. The molecule has 3 atom stereocenters. The Morgan fingerprint density at radius 1 is 1.25 bits per heavy atom. The minimum atomic E-state index is 0.266. The predicted octanol–water partition coefficient (Wildman–Crippen LogP) is 1.51. The highest BCUT2D eigenvalue weighted by molar-refractivity contribution is 5.76. The van der Waals surface area contributed by atoms with Crippen LogP contribution in [0, 0.1) is 5.92 Å². The average Bonchev–Trinajstić information content (AvgIpc) is 3.06. The molecule has 0 radical (unpaired) electrons. The molecule has 2 bridgehead atoms. The number of nitrogens with one attached hydrogen (secondary N) is 2. The van der Waals surface area contributed by atoms with Crippen LogP contribution >= 0.6 is 0 Å². The summed E-state index contributed by atoms with van der Waals surface area (Å²) >= 11 is 0. The van der Waals surface area contributed by atoms with Crippen molar-refractivity contribution in [2.45, 2.75) is 70.0 Å². The summed E-state index contributed by atoms with van der Waals surface area (Å²) < 4.78 is 0. The van der Waals surface area contributed by atoms with Gasteiger partial charge in [-0.3, -0.25) is 9.69 Å². The molecule has 3 aliphatic rings. The van der Waals surface area contributed by atoms with Crippen LogP contribution in [0.15, 0.2) is 0 Å². The summed E-state index contributed by atoms with van der Waals surface area (Å²) in [5.41, 5.74) is 0. The van der Waals surface area contributed by atoms with Crippen molar-refractivity contribution in [1.29, 1.82) is 0 Å². The number of amides is 1. The standard InChI is InChI=1S/C16H29N3O/c1-12(19-6-2-3-7-19)11-17-16(20)10-13-8-14-4-5-15(9-13)18-14/h12-15,18H,2-11H2,1H3,(H,17,20).